The molecule has 0 saturated carbocycles. The van der Waals surface area contributed by atoms with Gasteiger partial charge >= 0.3 is 0 Å². The Morgan fingerprint density at radius 3 is 1.38 bits per heavy atom. The molecule has 2 fully saturated rings. The van der Waals surface area contributed by atoms with Crippen LogP contribution in [-0.4, -0.2) is 46.8 Å². The Morgan fingerprint density at radius 1 is 0.594 bits per heavy atom. The summed E-state index contributed by atoms with van der Waals surface area (Å²) in [6.07, 6.45) is 6.02. The molecule has 0 amide bonds. The summed E-state index contributed by atoms with van der Waals surface area (Å²) in [5, 5.41) is 7.05. The Bertz CT molecular complexity index is 1030. The molecule has 2 N–H and O–H groups in total. The predicted octanol–water partition coefficient (Wildman–Crippen LogP) is 5.05. The van der Waals surface area contributed by atoms with Crippen LogP contribution in [-0.2, 0) is 0 Å². The summed E-state index contributed by atoms with van der Waals surface area (Å²) >= 11 is 3.90. The highest BCUT2D eigenvalue weighted by atomic mass is 32.2. The predicted molar refractivity (Wildman–Crippen MR) is 140 cm³/mol. The van der Waals surface area contributed by atoms with E-state index in [1.807, 2.05) is 23.5 Å². The molecule has 4 nitrogen and oxygen atoms in total. The maximum absolute atomic E-state index is 4.69. The van der Waals surface area contributed by atoms with Gasteiger partial charge in [0, 0.05) is 59.9 Å². The third-order valence-electron chi connectivity index (χ3n) is 6.60. The van der Waals surface area contributed by atoms with Crippen LogP contribution in [0.5, 0.6) is 0 Å². The smallest absolute Gasteiger partial charge is 0.0557 e. The van der Waals surface area contributed by atoms with E-state index in [1.54, 1.807) is 0 Å². The van der Waals surface area contributed by atoms with Crippen molar-refractivity contribution in [2.24, 2.45) is 9.98 Å². The van der Waals surface area contributed by atoms with E-state index in [-0.39, 0.29) is 0 Å². The highest BCUT2D eigenvalue weighted by Gasteiger charge is 2.25. The zero-order chi connectivity index (χ0) is 21.3. The number of allylic oxidation sites excluding steroid dienone is 2. The molecule has 0 aromatic heterocycles. The van der Waals surface area contributed by atoms with Gasteiger partial charge in [0.05, 0.1) is 12.1 Å². The fourth-order valence-corrected chi connectivity index (χ4v) is 6.61. The van der Waals surface area contributed by atoms with Crippen LogP contribution in [0, 0.1) is 0 Å². The lowest BCUT2D eigenvalue weighted by molar-refractivity contribution is 0.781. The number of hydrogen-bond donors (Lipinski definition) is 2. The van der Waals surface area contributed by atoms with E-state index in [2.05, 4.69) is 71.6 Å². The van der Waals surface area contributed by atoms with Gasteiger partial charge in [-0.25, -0.2) is 0 Å². The molecule has 0 unspecified atom stereocenters. The summed E-state index contributed by atoms with van der Waals surface area (Å²) in [7, 11) is 0. The summed E-state index contributed by atoms with van der Waals surface area (Å²) in [6.45, 7) is 0. The second-order valence-electron chi connectivity index (χ2n) is 8.60. The van der Waals surface area contributed by atoms with Gasteiger partial charge in [0.1, 0.15) is 0 Å². The van der Waals surface area contributed by atoms with Gasteiger partial charge in [-0.15, -0.1) is 23.5 Å². The van der Waals surface area contributed by atoms with Crippen LogP contribution in [0.25, 0.3) is 22.3 Å². The Hall–Kier alpha value is -2.12. The molecule has 0 bridgehead atoms. The van der Waals surface area contributed by atoms with E-state index >= 15 is 0 Å². The lowest BCUT2D eigenvalue weighted by Crippen LogP contribution is -2.32. The topological polar surface area (TPSA) is 48.8 Å². The van der Waals surface area contributed by atoms with E-state index in [0.29, 0.717) is 12.1 Å². The third-order valence-corrected chi connectivity index (χ3v) is 8.48. The van der Waals surface area contributed by atoms with E-state index < -0.39 is 0 Å². The molecule has 0 radical (unpaired) electrons. The number of thioether (sulfide) groups is 2. The SMILES string of the molecule is C1=C(c2ccc(-c3ccc(C4=CN=C([C@@H]5CSCN5)C4)cc3)cc2)CC([C@@H]2CSCN2)=N1. The molecule has 0 spiro atoms. The maximum Gasteiger partial charge on any atom is 0.0557 e. The Balaban J connectivity index is 1.09. The monoisotopic (exact) mass is 458 g/mol. The minimum Gasteiger partial charge on any atom is -0.299 e. The standard InChI is InChI=1S/C26H26N4S2/c1-5-19(21-9-23(27-11-21)25-13-31-15-29-25)6-2-17(1)18-3-7-20(8-4-18)22-10-24(28-12-22)26-14-32-16-30-26/h1-8,11-12,25-26,29-30H,9-10,13-16H2/t25-,26-/m0/s1. The molecule has 6 rings (SSSR count). The van der Waals surface area contributed by atoms with Crippen LogP contribution in [0.2, 0.25) is 0 Å². The molecule has 2 atom stereocenters. The van der Waals surface area contributed by atoms with Crippen LogP contribution in [0.3, 0.4) is 0 Å². The van der Waals surface area contributed by atoms with E-state index in [9.17, 15) is 0 Å². The van der Waals surface area contributed by atoms with Crippen molar-refractivity contribution in [3.63, 3.8) is 0 Å². The lowest BCUT2D eigenvalue weighted by atomic mass is 9.95. The van der Waals surface area contributed by atoms with Crippen molar-refractivity contribution < 1.29 is 0 Å². The molecular weight excluding hydrogens is 432 g/mol. The first kappa shape index (κ1) is 20.5. The Labute approximate surface area is 197 Å². The average molecular weight is 459 g/mol. The normalized spacial score (nSPS) is 25.0. The van der Waals surface area contributed by atoms with Gasteiger partial charge in [0.25, 0.3) is 0 Å². The number of aliphatic imine (C=N–C) groups is 2. The fourth-order valence-electron chi connectivity index (χ4n) is 4.65. The number of nitrogens with zero attached hydrogens (tertiary/aromatic N) is 2. The van der Waals surface area contributed by atoms with Crippen molar-refractivity contribution in [2.45, 2.75) is 24.9 Å². The minimum absolute atomic E-state index is 0.441. The van der Waals surface area contributed by atoms with E-state index in [4.69, 9.17) is 9.98 Å². The van der Waals surface area contributed by atoms with E-state index in [1.165, 1.54) is 44.8 Å². The van der Waals surface area contributed by atoms with Crippen molar-refractivity contribution in [2.75, 3.05) is 23.3 Å². The number of hydrogen-bond acceptors (Lipinski definition) is 6. The van der Waals surface area contributed by atoms with Crippen LogP contribution in [0.15, 0.2) is 70.9 Å². The summed E-state index contributed by atoms with van der Waals surface area (Å²) in [6, 6.07) is 18.7. The summed E-state index contributed by atoms with van der Waals surface area (Å²) < 4.78 is 0. The second kappa shape index (κ2) is 9.02. The first-order valence-corrected chi connectivity index (χ1v) is 13.5. The molecule has 2 aromatic rings. The molecule has 0 aliphatic carbocycles. The van der Waals surface area contributed by atoms with Gasteiger partial charge in [0.2, 0.25) is 0 Å². The molecule has 4 aliphatic heterocycles. The average Bonchev–Trinajstić information content (AvgIpc) is 3.66. The van der Waals surface area contributed by atoms with Crippen LogP contribution in [0.1, 0.15) is 24.0 Å². The largest absolute Gasteiger partial charge is 0.299 e. The minimum atomic E-state index is 0.441. The molecular formula is C26H26N4S2. The van der Waals surface area contributed by atoms with Gasteiger partial charge < -0.3 is 0 Å². The molecule has 2 aromatic carbocycles. The highest BCUT2D eigenvalue weighted by Crippen LogP contribution is 2.31. The summed E-state index contributed by atoms with van der Waals surface area (Å²) in [5.74, 6) is 4.34. The Morgan fingerprint density at radius 2 is 1.00 bits per heavy atom. The quantitative estimate of drug-likeness (QED) is 0.658. The number of nitrogens with one attached hydrogen (secondary N) is 2. The highest BCUT2D eigenvalue weighted by molar-refractivity contribution is 7.99. The van der Waals surface area contributed by atoms with Gasteiger partial charge in [-0.05, 0) is 33.4 Å². The molecule has 2 saturated heterocycles. The van der Waals surface area contributed by atoms with Crippen molar-refractivity contribution in [3.8, 4) is 11.1 Å². The number of rotatable bonds is 5. The van der Waals surface area contributed by atoms with Gasteiger partial charge in [0.15, 0.2) is 0 Å². The van der Waals surface area contributed by atoms with Crippen LogP contribution >= 0.6 is 23.5 Å². The summed E-state index contributed by atoms with van der Waals surface area (Å²) in [5.41, 5.74) is 10.2. The second-order valence-corrected chi connectivity index (χ2v) is 10.7. The third kappa shape index (κ3) is 4.13. The van der Waals surface area contributed by atoms with Gasteiger partial charge in [-0.1, -0.05) is 48.5 Å². The van der Waals surface area contributed by atoms with Crippen molar-refractivity contribution in [1.82, 2.24) is 10.6 Å². The fraction of sp³-hybridized carbons (Fsp3) is 0.308. The molecule has 4 heterocycles. The number of benzene rings is 2. The van der Waals surface area contributed by atoms with Crippen LogP contribution in [0.4, 0.5) is 0 Å². The zero-order valence-corrected chi connectivity index (χ0v) is 19.5. The molecule has 4 aliphatic rings. The van der Waals surface area contributed by atoms with Crippen molar-refractivity contribution in [1.29, 1.82) is 0 Å². The van der Waals surface area contributed by atoms with Gasteiger partial charge in [-0.3, -0.25) is 20.6 Å². The van der Waals surface area contributed by atoms with Crippen LogP contribution < -0.4 is 10.6 Å². The first-order valence-electron chi connectivity index (χ1n) is 11.2. The summed E-state index contributed by atoms with van der Waals surface area (Å²) in [4.78, 5) is 9.39. The van der Waals surface area contributed by atoms with Gasteiger partial charge in [-0.2, -0.15) is 0 Å². The van der Waals surface area contributed by atoms with Crippen molar-refractivity contribution in [3.05, 3.63) is 72.1 Å². The Kier molecular flexibility index (Phi) is 5.78. The zero-order valence-electron chi connectivity index (χ0n) is 17.9. The van der Waals surface area contributed by atoms with E-state index in [0.717, 1.165) is 36.1 Å². The first-order chi connectivity index (χ1) is 15.8. The van der Waals surface area contributed by atoms with Crippen molar-refractivity contribution >= 4 is 46.1 Å². The lowest BCUT2D eigenvalue weighted by Gasteiger charge is -2.11. The maximum atomic E-state index is 4.69. The molecule has 32 heavy (non-hydrogen) atoms. The molecule has 162 valence electrons. The molecule has 6 heteroatoms.